The molecule has 0 radical (unpaired) electrons. The van der Waals surface area contributed by atoms with Gasteiger partial charge in [-0.3, -0.25) is 9.59 Å². The molecule has 0 heterocycles. The van der Waals surface area contributed by atoms with Crippen molar-refractivity contribution in [3.05, 3.63) is 0 Å². The number of unbranched alkanes of at least 4 members (excludes halogenated alkanes) is 2. The molecule has 2 amide bonds. The van der Waals surface area contributed by atoms with E-state index in [0.29, 0.717) is 16.8 Å². The summed E-state index contributed by atoms with van der Waals surface area (Å²) in [5.74, 6) is 0.472. The van der Waals surface area contributed by atoms with Crippen LogP contribution < -0.4 is 10.6 Å². The Morgan fingerprint density at radius 2 is 1.68 bits per heavy atom. The van der Waals surface area contributed by atoms with Crippen LogP contribution in [0.5, 0.6) is 0 Å². The highest BCUT2D eigenvalue weighted by Crippen LogP contribution is 2.35. The molecule has 0 aromatic rings. The lowest BCUT2D eigenvalue weighted by molar-refractivity contribution is -0.140. The van der Waals surface area contributed by atoms with Gasteiger partial charge in [0, 0.05) is 36.4 Å². The van der Waals surface area contributed by atoms with Gasteiger partial charge in [0.1, 0.15) is 12.8 Å². The molecule has 12 heteroatoms. The minimum Gasteiger partial charge on any atom is -0.480 e. The van der Waals surface area contributed by atoms with Gasteiger partial charge in [-0.1, -0.05) is 69.4 Å². The summed E-state index contributed by atoms with van der Waals surface area (Å²) in [6.45, 7) is 4.85. The minimum absolute atomic E-state index is 0.125. The van der Waals surface area contributed by atoms with Crippen molar-refractivity contribution in [2.75, 3.05) is 30.7 Å². The number of aliphatic carboxylic acids is 1. The number of carbonyl (C=O) groups excluding carboxylic acids is 2. The van der Waals surface area contributed by atoms with E-state index in [0.717, 1.165) is 31.4 Å². The first kappa shape index (κ1) is 30.7. The first-order valence-electron chi connectivity index (χ1n) is 10.3. The summed E-state index contributed by atoms with van der Waals surface area (Å²) in [7, 11) is 6.60. The van der Waals surface area contributed by atoms with Crippen molar-refractivity contribution < 1.29 is 29.3 Å². The second-order valence-corrected chi connectivity index (χ2v) is 12.2. The molecule has 0 spiro atoms. The summed E-state index contributed by atoms with van der Waals surface area (Å²) < 4.78 is 5.00. The summed E-state index contributed by atoms with van der Waals surface area (Å²) in [5, 5.41) is 23.7. The molecule has 3 atom stereocenters. The number of aliphatic hydroxyl groups excluding tert-OH is 1. The molecule has 4 N–H and O–H groups in total. The van der Waals surface area contributed by atoms with Crippen LogP contribution in [0.3, 0.4) is 0 Å². The molecule has 0 aliphatic carbocycles. The molecular weight excluding hydrogens is 480 g/mol. The molecule has 0 aliphatic heterocycles. The van der Waals surface area contributed by atoms with Crippen LogP contribution in [-0.2, 0) is 19.1 Å². The Balaban J connectivity index is 4.35. The van der Waals surface area contributed by atoms with E-state index in [4.69, 9.17) is 9.84 Å². The number of aliphatic hydroxyl groups is 1. The number of carbonyl (C=O) groups is 3. The lowest BCUT2D eigenvalue weighted by Gasteiger charge is -2.18. The van der Waals surface area contributed by atoms with E-state index in [2.05, 4.69) is 17.6 Å². The lowest BCUT2D eigenvalue weighted by atomic mass is 10.1. The molecule has 0 fully saturated rings. The second-order valence-electron chi connectivity index (χ2n) is 6.88. The Labute approximate surface area is 201 Å². The van der Waals surface area contributed by atoms with Crippen LogP contribution in [0, 0.1) is 0 Å². The van der Waals surface area contributed by atoms with E-state index < -0.39 is 12.0 Å². The van der Waals surface area contributed by atoms with E-state index in [1.807, 2.05) is 0 Å². The van der Waals surface area contributed by atoms with Crippen molar-refractivity contribution >= 4 is 61.0 Å². The number of carboxylic acids is 1. The normalized spacial score (nSPS) is 13.9. The zero-order valence-electron chi connectivity index (χ0n) is 18.5. The summed E-state index contributed by atoms with van der Waals surface area (Å²) in [6.07, 6.45) is 5.54. The molecule has 182 valence electrons. The van der Waals surface area contributed by atoms with Gasteiger partial charge < -0.3 is 25.6 Å². The molecule has 31 heavy (non-hydrogen) atoms. The Morgan fingerprint density at radius 3 is 2.26 bits per heavy atom. The van der Waals surface area contributed by atoms with Crippen molar-refractivity contribution in [2.24, 2.45) is 0 Å². The fourth-order valence-electron chi connectivity index (χ4n) is 2.47. The largest absolute Gasteiger partial charge is 0.480 e. The second kappa shape index (κ2) is 20.3. The maximum Gasteiger partial charge on any atom is 0.327 e. The van der Waals surface area contributed by atoms with Gasteiger partial charge in [0.25, 0.3) is 0 Å². The van der Waals surface area contributed by atoms with Crippen LogP contribution in [0.15, 0.2) is 0 Å². The average molecular weight is 517 g/mol. The minimum atomic E-state index is -1.02. The smallest absolute Gasteiger partial charge is 0.327 e. The van der Waals surface area contributed by atoms with E-state index in [1.165, 1.54) is 31.1 Å². The summed E-state index contributed by atoms with van der Waals surface area (Å²) in [5.41, 5.74) is 0. The molecule has 0 aromatic carbocycles. The third-order valence-electron chi connectivity index (χ3n) is 3.94. The Bertz CT molecular complexity index is 516. The van der Waals surface area contributed by atoms with Crippen LogP contribution in [0.1, 0.15) is 52.9 Å². The van der Waals surface area contributed by atoms with Gasteiger partial charge in [-0.25, -0.2) is 4.79 Å². The number of hydrogen-bond acceptors (Lipinski definition) is 9. The first-order valence-corrected chi connectivity index (χ1v) is 15.1. The number of rotatable bonds is 20. The van der Waals surface area contributed by atoms with Crippen molar-refractivity contribution in [3.8, 4) is 0 Å². The van der Waals surface area contributed by atoms with Gasteiger partial charge in [-0.2, -0.15) is 0 Å². The Morgan fingerprint density at radius 1 is 0.968 bits per heavy atom. The molecular formula is C19H36N2O6S4. The molecule has 0 saturated carbocycles. The molecule has 0 aromatic heterocycles. The van der Waals surface area contributed by atoms with Crippen molar-refractivity contribution in [3.63, 3.8) is 0 Å². The predicted molar refractivity (Wildman–Crippen MR) is 133 cm³/mol. The van der Waals surface area contributed by atoms with Crippen LogP contribution in [-0.4, -0.2) is 76.0 Å². The van der Waals surface area contributed by atoms with Crippen molar-refractivity contribution in [1.29, 1.82) is 0 Å². The Kier molecular flexibility index (Phi) is 20.2. The highest BCUT2D eigenvalue weighted by molar-refractivity contribution is 8.77. The van der Waals surface area contributed by atoms with Gasteiger partial charge in [0.15, 0.2) is 0 Å². The number of hydrogen-bond donors (Lipinski definition) is 4. The summed E-state index contributed by atoms with van der Waals surface area (Å²) in [6, 6.07) is -1.02. The van der Waals surface area contributed by atoms with E-state index in [-0.39, 0.29) is 31.3 Å². The molecule has 0 saturated heterocycles. The zero-order valence-corrected chi connectivity index (χ0v) is 21.7. The van der Waals surface area contributed by atoms with Gasteiger partial charge >= 0.3 is 5.97 Å². The van der Waals surface area contributed by atoms with Crippen LogP contribution in [0.25, 0.3) is 0 Å². The third kappa shape index (κ3) is 19.0. The Hall–Kier alpha value is -0.270. The van der Waals surface area contributed by atoms with Crippen molar-refractivity contribution in [2.45, 2.75) is 70.2 Å². The maximum atomic E-state index is 11.3. The van der Waals surface area contributed by atoms with Gasteiger partial charge in [0.2, 0.25) is 11.8 Å². The molecule has 0 rings (SSSR count). The quantitative estimate of drug-likeness (QED) is 0.109. The maximum absolute atomic E-state index is 11.3. The highest BCUT2D eigenvalue weighted by Gasteiger charge is 2.20. The first-order chi connectivity index (χ1) is 14.8. The molecule has 0 aliphatic rings. The average Bonchev–Trinajstić information content (AvgIpc) is 2.69. The fourth-order valence-corrected chi connectivity index (χ4v) is 7.89. The third-order valence-corrected chi connectivity index (χ3v) is 9.44. The van der Waals surface area contributed by atoms with Crippen LogP contribution in [0.2, 0.25) is 0 Å². The number of nitrogens with one attached hydrogen (secondary N) is 2. The fraction of sp³-hybridized carbons (Fsp3) is 0.842. The van der Waals surface area contributed by atoms with E-state index in [1.54, 1.807) is 32.4 Å². The molecule has 3 unspecified atom stereocenters. The van der Waals surface area contributed by atoms with Crippen molar-refractivity contribution in [1.82, 2.24) is 10.6 Å². The SMILES string of the molecule is CCCCCC(CCSSCC(COCO)NC(C)=O)SSCC(NC(C)=O)C(=O)O. The van der Waals surface area contributed by atoms with Crippen LogP contribution >= 0.6 is 43.2 Å². The predicted octanol–water partition coefficient (Wildman–Crippen LogP) is 3.15. The number of ether oxygens (including phenoxy) is 1. The van der Waals surface area contributed by atoms with Gasteiger partial charge in [-0.15, -0.1) is 0 Å². The van der Waals surface area contributed by atoms with Gasteiger partial charge in [0.05, 0.1) is 12.6 Å². The molecule has 8 nitrogen and oxygen atoms in total. The standard InChI is InChI=1S/C19H36N2O6S4/c1-4-5-6-7-17(31-30-12-18(19(25)26)21-15(3)24)8-9-28-29-11-16(10-27-13-22)20-14(2)23/h16-18,22H,4-13H2,1-3H3,(H,20,23)(H,21,24)(H,25,26). The summed E-state index contributed by atoms with van der Waals surface area (Å²) >= 11 is 0. The highest BCUT2D eigenvalue weighted by atomic mass is 33.1. The van der Waals surface area contributed by atoms with E-state index >= 15 is 0 Å². The number of carboxylic acid groups (broad SMARTS) is 1. The molecule has 0 bridgehead atoms. The lowest BCUT2D eigenvalue weighted by Crippen LogP contribution is -2.41. The monoisotopic (exact) mass is 516 g/mol. The van der Waals surface area contributed by atoms with Gasteiger partial charge in [-0.05, 0) is 12.8 Å². The number of amides is 2. The topological polar surface area (TPSA) is 125 Å². The van der Waals surface area contributed by atoms with Crippen LogP contribution in [0.4, 0.5) is 0 Å². The zero-order chi connectivity index (χ0) is 23.5. The summed E-state index contributed by atoms with van der Waals surface area (Å²) in [4.78, 5) is 33.7. The van der Waals surface area contributed by atoms with E-state index in [9.17, 15) is 19.5 Å².